The molecule has 5 heteroatoms. The number of halogens is 1. The summed E-state index contributed by atoms with van der Waals surface area (Å²) in [6, 6.07) is 10.6. The lowest BCUT2D eigenvalue weighted by atomic mass is 10.1. The Morgan fingerprint density at radius 3 is 2.84 bits per heavy atom. The Morgan fingerprint density at radius 1 is 1.20 bits per heavy atom. The van der Waals surface area contributed by atoms with Gasteiger partial charge < -0.3 is 10.3 Å². The summed E-state index contributed by atoms with van der Waals surface area (Å²) in [6.45, 7) is 1.91. The van der Waals surface area contributed by atoms with E-state index in [1.807, 2.05) is 19.1 Å². The SMILES string of the molecule is Cc1ccc(NC(=O)c2cccc3c(=O)c4c([nH]c23)CCC4)cc1Cl. The van der Waals surface area contributed by atoms with Crippen molar-refractivity contribution in [3.63, 3.8) is 0 Å². The third-order valence-electron chi connectivity index (χ3n) is 4.75. The van der Waals surface area contributed by atoms with Crippen LogP contribution in [0.1, 0.15) is 33.6 Å². The molecular formula is C20H17ClN2O2. The summed E-state index contributed by atoms with van der Waals surface area (Å²) >= 11 is 6.12. The molecule has 0 spiro atoms. The highest BCUT2D eigenvalue weighted by Crippen LogP contribution is 2.24. The second kappa shape index (κ2) is 6.05. The lowest BCUT2D eigenvalue weighted by Crippen LogP contribution is -2.16. The highest BCUT2D eigenvalue weighted by molar-refractivity contribution is 6.31. The zero-order chi connectivity index (χ0) is 17.6. The van der Waals surface area contributed by atoms with Gasteiger partial charge in [0.15, 0.2) is 5.43 Å². The number of hydrogen-bond donors (Lipinski definition) is 2. The van der Waals surface area contributed by atoms with Crippen LogP contribution in [0, 0.1) is 6.92 Å². The normalized spacial score (nSPS) is 13.0. The number of carbonyl (C=O) groups excluding carboxylic acids is 1. The van der Waals surface area contributed by atoms with Crippen molar-refractivity contribution in [1.29, 1.82) is 0 Å². The first-order valence-corrected chi connectivity index (χ1v) is 8.66. The summed E-state index contributed by atoms with van der Waals surface area (Å²) in [4.78, 5) is 28.7. The zero-order valence-electron chi connectivity index (χ0n) is 13.8. The number of aryl methyl sites for hydroxylation is 2. The third-order valence-corrected chi connectivity index (χ3v) is 5.16. The number of rotatable bonds is 2. The van der Waals surface area contributed by atoms with E-state index in [4.69, 9.17) is 11.6 Å². The molecule has 1 aliphatic carbocycles. The van der Waals surface area contributed by atoms with E-state index in [-0.39, 0.29) is 11.3 Å². The van der Waals surface area contributed by atoms with Gasteiger partial charge in [-0.05, 0) is 56.0 Å². The number of H-pyrrole nitrogens is 1. The van der Waals surface area contributed by atoms with Gasteiger partial charge in [-0.1, -0.05) is 23.7 Å². The number of anilines is 1. The lowest BCUT2D eigenvalue weighted by Gasteiger charge is -2.10. The molecule has 4 rings (SSSR count). The van der Waals surface area contributed by atoms with Crippen molar-refractivity contribution in [3.8, 4) is 0 Å². The van der Waals surface area contributed by atoms with Gasteiger partial charge >= 0.3 is 0 Å². The fourth-order valence-corrected chi connectivity index (χ4v) is 3.56. The maximum absolute atomic E-state index is 12.8. The number of carbonyl (C=O) groups is 1. The van der Waals surface area contributed by atoms with Crippen LogP contribution in [-0.2, 0) is 12.8 Å². The van der Waals surface area contributed by atoms with E-state index in [0.29, 0.717) is 27.2 Å². The second-order valence-corrected chi connectivity index (χ2v) is 6.82. The van der Waals surface area contributed by atoms with Gasteiger partial charge in [0.05, 0.1) is 11.1 Å². The van der Waals surface area contributed by atoms with Crippen LogP contribution >= 0.6 is 11.6 Å². The van der Waals surface area contributed by atoms with E-state index in [0.717, 1.165) is 36.1 Å². The van der Waals surface area contributed by atoms with E-state index >= 15 is 0 Å². The van der Waals surface area contributed by atoms with E-state index in [1.165, 1.54) is 0 Å². The standard InChI is InChI=1S/C20H17ClN2O2/c1-11-8-9-12(10-16(11)21)22-20(25)15-6-2-5-14-18(15)23-17-7-3-4-13(17)19(14)24/h2,5-6,8-10H,3-4,7H2,1H3,(H,22,25)(H,23,24). The molecule has 1 aliphatic rings. The Labute approximate surface area is 149 Å². The molecular weight excluding hydrogens is 336 g/mol. The summed E-state index contributed by atoms with van der Waals surface area (Å²) in [5.41, 5.74) is 4.48. The van der Waals surface area contributed by atoms with E-state index < -0.39 is 0 Å². The van der Waals surface area contributed by atoms with Gasteiger partial charge in [-0.2, -0.15) is 0 Å². The topological polar surface area (TPSA) is 62.0 Å². The maximum atomic E-state index is 12.8. The second-order valence-electron chi connectivity index (χ2n) is 6.41. The summed E-state index contributed by atoms with van der Waals surface area (Å²) in [6.07, 6.45) is 2.63. The first kappa shape index (κ1) is 15.9. The van der Waals surface area contributed by atoms with Crippen molar-refractivity contribution in [1.82, 2.24) is 4.98 Å². The first-order valence-electron chi connectivity index (χ1n) is 8.29. The molecule has 0 atom stereocenters. The summed E-state index contributed by atoms with van der Waals surface area (Å²) < 4.78 is 0. The highest BCUT2D eigenvalue weighted by Gasteiger charge is 2.20. The Kier molecular flexibility index (Phi) is 3.85. The number of aromatic amines is 1. The highest BCUT2D eigenvalue weighted by atomic mass is 35.5. The minimum atomic E-state index is -0.265. The van der Waals surface area contributed by atoms with Crippen LogP contribution in [0.4, 0.5) is 5.69 Å². The van der Waals surface area contributed by atoms with Gasteiger partial charge in [0, 0.05) is 27.4 Å². The largest absolute Gasteiger partial charge is 0.357 e. The molecule has 1 amide bonds. The Morgan fingerprint density at radius 2 is 2.04 bits per heavy atom. The molecule has 0 bridgehead atoms. The van der Waals surface area contributed by atoms with Crippen LogP contribution in [0.2, 0.25) is 5.02 Å². The molecule has 126 valence electrons. The van der Waals surface area contributed by atoms with Crippen LogP contribution in [0.5, 0.6) is 0 Å². The van der Waals surface area contributed by atoms with Crippen LogP contribution in [0.25, 0.3) is 10.9 Å². The molecule has 0 saturated carbocycles. The Balaban J connectivity index is 1.78. The molecule has 0 radical (unpaired) electrons. The molecule has 4 nitrogen and oxygen atoms in total. The fraction of sp³-hybridized carbons (Fsp3) is 0.200. The molecule has 2 aromatic carbocycles. The molecule has 2 N–H and O–H groups in total. The van der Waals surface area contributed by atoms with Crippen molar-refractivity contribution in [2.24, 2.45) is 0 Å². The van der Waals surface area contributed by atoms with Gasteiger partial charge in [0.1, 0.15) is 0 Å². The predicted molar refractivity (Wildman–Crippen MR) is 101 cm³/mol. The molecule has 1 heterocycles. The number of benzene rings is 2. The van der Waals surface area contributed by atoms with Crippen molar-refractivity contribution < 1.29 is 4.79 Å². The van der Waals surface area contributed by atoms with E-state index in [9.17, 15) is 9.59 Å². The first-order chi connectivity index (χ1) is 12.0. The third kappa shape index (κ3) is 2.72. The number of pyridine rings is 1. The number of aromatic nitrogens is 1. The maximum Gasteiger partial charge on any atom is 0.257 e. The van der Waals surface area contributed by atoms with Gasteiger partial charge in [0.25, 0.3) is 5.91 Å². The van der Waals surface area contributed by atoms with Crippen molar-refractivity contribution in [2.75, 3.05) is 5.32 Å². The number of amides is 1. The molecule has 1 aromatic heterocycles. The van der Waals surface area contributed by atoms with Crippen LogP contribution < -0.4 is 10.7 Å². The Bertz CT molecular complexity index is 1070. The van der Waals surface area contributed by atoms with Gasteiger partial charge in [-0.15, -0.1) is 0 Å². The van der Waals surface area contributed by atoms with Gasteiger partial charge in [-0.25, -0.2) is 0 Å². The lowest BCUT2D eigenvalue weighted by molar-refractivity contribution is 0.102. The van der Waals surface area contributed by atoms with Crippen LogP contribution in [0.15, 0.2) is 41.2 Å². The Hall–Kier alpha value is -2.59. The molecule has 0 aliphatic heterocycles. The monoisotopic (exact) mass is 352 g/mol. The predicted octanol–water partition coefficient (Wildman–Crippen LogP) is 4.23. The number of fused-ring (bicyclic) bond motifs is 2. The molecule has 0 saturated heterocycles. The summed E-state index contributed by atoms with van der Waals surface area (Å²) in [5.74, 6) is -0.265. The van der Waals surface area contributed by atoms with Gasteiger partial charge in [0.2, 0.25) is 0 Å². The summed E-state index contributed by atoms with van der Waals surface area (Å²) in [7, 11) is 0. The average molecular weight is 353 g/mol. The number of hydrogen-bond acceptors (Lipinski definition) is 2. The molecule has 25 heavy (non-hydrogen) atoms. The van der Waals surface area contributed by atoms with Crippen molar-refractivity contribution >= 4 is 34.1 Å². The zero-order valence-corrected chi connectivity index (χ0v) is 14.5. The fourth-order valence-electron chi connectivity index (χ4n) is 3.38. The van der Waals surface area contributed by atoms with Crippen molar-refractivity contribution in [3.05, 3.63) is 74.0 Å². The van der Waals surface area contributed by atoms with E-state index in [2.05, 4.69) is 10.3 Å². The van der Waals surface area contributed by atoms with Crippen LogP contribution in [0.3, 0.4) is 0 Å². The van der Waals surface area contributed by atoms with Crippen LogP contribution in [-0.4, -0.2) is 10.9 Å². The smallest absolute Gasteiger partial charge is 0.257 e. The van der Waals surface area contributed by atoms with E-state index in [1.54, 1.807) is 24.3 Å². The molecule has 0 unspecified atom stereocenters. The average Bonchev–Trinajstić information content (AvgIpc) is 3.07. The van der Waals surface area contributed by atoms with Crippen molar-refractivity contribution in [2.45, 2.75) is 26.2 Å². The minimum Gasteiger partial charge on any atom is -0.357 e. The summed E-state index contributed by atoms with van der Waals surface area (Å²) in [5, 5.41) is 4.02. The molecule has 0 fully saturated rings. The number of para-hydroxylation sites is 1. The quantitative estimate of drug-likeness (QED) is 0.725. The molecule has 3 aromatic rings. The minimum absolute atomic E-state index is 0.0364. The number of nitrogens with one attached hydrogen (secondary N) is 2. The van der Waals surface area contributed by atoms with Gasteiger partial charge in [-0.3, -0.25) is 9.59 Å².